The molecule has 2 aliphatic heterocycles. The van der Waals surface area contributed by atoms with E-state index < -0.39 is 18.1 Å². The number of phenolic OH excluding ortho intramolecular Hbond substituents is 1. The molecular formula is C49H57N11O6S. The van der Waals surface area contributed by atoms with E-state index in [9.17, 15) is 19.8 Å². The number of carbonyl (C=O) groups is 2. The van der Waals surface area contributed by atoms with Crippen molar-refractivity contribution in [2.45, 2.75) is 71.2 Å². The van der Waals surface area contributed by atoms with Crippen molar-refractivity contribution in [3.8, 4) is 56.3 Å². The Labute approximate surface area is 393 Å². The van der Waals surface area contributed by atoms with Gasteiger partial charge in [0.25, 0.3) is 5.88 Å². The van der Waals surface area contributed by atoms with E-state index in [4.69, 9.17) is 15.0 Å². The summed E-state index contributed by atoms with van der Waals surface area (Å²) in [6.07, 6.45) is 3.66. The van der Waals surface area contributed by atoms with Gasteiger partial charge in [-0.3, -0.25) is 24.1 Å². The molecule has 2 aliphatic rings. The van der Waals surface area contributed by atoms with E-state index in [2.05, 4.69) is 52.4 Å². The normalized spacial score (nSPS) is 17.6. The van der Waals surface area contributed by atoms with Crippen molar-refractivity contribution < 1.29 is 29.1 Å². The number of thiazole rings is 1. The fraction of sp³-hybridized carbons (Fsp3) is 0.408. The highest BCUT2D eigenvalue weighted by atomic mass is 32.1. The molecule has 8 rings (SSSR count). The molecular weight excluding hydrogens is 871 g/mol. The molecule has 4 aromatic heterocycles. The van der Waals surface area contributed by atoms with Crippen molar-refractivity contribution in [2.75, 3.05) is 58.2 Å². The number of anilines is 1. The minimum atomic E-state index is -0.827. The molecule has 0 radical (unpaired) electrons. The van der Waals surface area contributed by atoms with Crippen molar-refractivity contribution in [1.29, 1.82) is 0 Å². The number of hydrogen-bond acceptors (Lipinski definition) is 15. The van der Waals surface area contributed by atoms with Crippen LogP contribution in [0.1, 0.15) is 62.6 Å². The second-order valence-electron chi connectivity index (χ2n) is 17.4. The molecule has 0 saturated carbocycles. The third kappa shape index (κ3) is 11.3. The number of carbonyl (C=O) groups excluding carboxylic acids is 2. The lowest BCUT2D eigenvalue weighted by atomic mass is 9.91. The Balaban J connectivity index is 0.758. The van der Waals surface area contributed by atoms with Gasteiger partial charge in [-0.2, -0.15) is 5.10 Å². The number of nitrogen functional groups attached to an aromatic ring is 1. The molecule has 67 heavy (non-hydrogen) atoms. The first-order chi connectivity index (χ1) is 32.4. The number of nitrogens with one attached hydrogen (secondary N) is 1. The van der Waals surface area contributed by atoms with Crippen molar-refractivity contribution >= 4 is 29.0 Å². The molecule has 0 bridgehead atoms. The number of likely N-dealkylation sites (tertiary alicyclic amines) is 1. The Morgan fingerprint density at radius 2 is 1.75 bits per heavy atom. The number of rotatable bonds is 16. The molecule has 2 amide bonds. The van der Waals surface area contributed by atoms with Gasteiger partial charge in [-0.1, -0.05) is 56.2 Å². The van der Waals surface area contributed by atoms with Crippen LogP contribution < -0.4 is 15.8 Å². The van der Waals surface area contributed by atoms with Crippen LogP contribution in [0.2, 0.25) is 0 Å². The van der Waals surface area contributed by atoms with Crippen LogP contribution in [0.5, 0.6) is 11.6 Å². The molecule has 350 valence electrons. The summed E-state index contributed by atoms with van der Waals surface area (Å²) in [5.41, 5.74) is 13.5. The minimum absolute atomic E-state index is 0.0527. The monoisotopic (exact) mass is 927 g/mol. The number of piperazine rings is 1. The largest absolute Gasteiger partial charge is 0.507 e. The number of aryl methyl sites for hydroxylation is 1. The summed E-state index contributed by atoms with van der Waals surface area (Å²) in [6, 6.07) is 17.3. The summed E-state index contributed by atoms with van der Waals surface area (Å²) >= 11 is 1.59. The smallest absolute Gasteiger partial charge is 0.254 e. The number of benzene rings is 2. The number of amides is 2. The first-order valence-electron chi connectivity index (χ1n) is 22.7. The zero-order valence-electron chi connectivity index (χ0n) is 38.2. The van der Waals surface area contributed by atoms with E-state index in [1.54, 1.807) is 52.5 Å². The molecule has 5 N–H and O–H groups in total. The van der Waals surface area contributed by atoms with E-state index in [1.807, 2.05) is 69.7 Å². The summed E-state index contributed by atoms with van der Waals surface area (Å²) in [6.45, 7) is 13.9. The number of phenols is 1. The average Bonchev–Trinajstić information content (AvgIpc) is 4.16. The van der Waals surface area contributed by atoms with Crippen LogP contribution >= 0.6 is 11.3 Å². The van der Waals surface area contributed by atoms with Gasteiger partial charge in [-0.15, -0.1) is 27.5 Å². The molecule has 1 unspecified atom stereocenters. The molecule has 0 spiro atoms. The predicted molar refractivity (Wildman–Crippen MR) is 255 cm³/mol. The first kappa shape index (κ1) is 46.9. The minimum Gasteiger partial charge on any atom is -0.507 e. The SMILES string of the molecule is Cc1ncsc1-c1ccc([C@H](C)NC(=O)[C@@H]2C[C@@H](O)CN2C(=O)C(c2cc(OCCN3CCN(CCC#CCn4cc(-c5cc(-c6ccccc6O)nnc5N)cn4)CC3)no2)C(C)C)cc1. The highest BCUT2D eigenvalue weighted by Gasteiger charge is 2.43. The van der Waals surface area contributed by atoms with Gasteiger partial charge in [0, 0.05) is 87.6 Å². The highest BCUT2D eigenvalue weighted by Crippen LogP contribution is 2.34. The van der Waals surface area contributed by atoms with Crippen LogP contribution in [-0.4, -0.2) is 131 Å². The number of β-amino-alcohol motifs (C(OH)–C–C–N with tert-alkyl or cyclic N) is 1. The summed E-state index contributed by atoms with van der Waals surface area (Å²) in [5.74, 6) is 6.05. The Morgan fingerprint density at radius 3 is 2.48 bits per heavy atom. The van der Waals surface area contributed by atoms with Gasteiger partial charge >= 0.3 is 0 Å². The maximum atomic E-state index is 14.2. The van der Waals surface area contributed by atoms with E-state index in [1.165, 1.54) is 4.90 Å². The van der Waals surface area contributed by atoms with Gasteiger partial charge in [0.15, 0.2) is 11.6 Å². The number of aliphatic hydroxyl groups is 1. The number of ether oxygens (including phenoxy) is 1. The van der Waals surface area contributed by atoms with Gasteiger partial charge in [-0.05, 0) is 54.2 Å². The lowest BCUT2D eigenvalue weighted by Gasteiger charge is -2.34. The molecule has 6 aromatic rings. The summed E-state index contributed by atoms with van der Waals surface area (Å²) in [7, 11) is 0. The Morgan fingerprint density at radius 1 is 0.985 bits per heavy atom. The molecule has 4 atom stereocenters. The first-order valence-corrected chi connectivity index (χ1v) is 23.5. The molecule has 17 nitrogen and oxygen atoms in total. The number of nitrogens with zero attached hydrogens (tertiary/aromatic N) is 9. The zero-order valence-corrected chi connectivity index (χ0v) is 39.0. The lowest BCUT2D eigenvalue weighted by molar-refractivity contribution is -0.141. The molecule has 6 heterocycles. The number of hydrogen-bond donors (Lipinski definition) is 4. The zero-order chi connectivity index (χ0) is 47.0. The van der Waals surface area contributed by atoms with Gasteiger partial charge in [-0.25, -0.2) is 4.98 Å². The third-order valence-electron chi connectivity index (χ3n) is 12.4. The van der Waals surface area contributed by atoms with Crippen LogP contribution in [0, 0.1) is 24.7 Å². The highest BCUT2D eigenvalue weighted by molar-refractivity contribution is 7.13. The number of aromatic hydroxyl groups is 1. The van der Waals surface area contributed by atoms with Crippen molar-refractivity contribution in [2.24, 2.45) is 5.92 Å². The Hall–Kier alpha value is -6.65. The summed E-state index contributed by atoms with van der Waals surface area (Å²) < 4.78 is 13.5. The topological polar surface area (TPSA) is 214 Å². The fourth-order valence-corrected chi connectivity index (χ4v) is 9.41. The molecule has 2 fully saturated rings. The van der Waals surface area contributed by atoms with Crippen LogP contribution in [0.25, 0.3) is 32.8 Å². The number of aromatic nitrogens is 6. The van der Waals surface area contributed by atoms with E-state index in [0.717, 1.165) is 66.4 Å². The lowest BCUT2D eigenvalue weighted by Crippen LogP contribution is -2.48. The predicted octanol–water partition coefficient (Wildman–Crippen LogP) is 5.38. The third-order valence-corrected chi connectivity index (χ3v) is 13.4. The Kier molecular flexibility index (Phi) is 14.9. The maximum absolute atomic E-state index is 14.2. The maximum Gasteiger partial charge on any atom is 0.254 e. The van der Waals surface area contributed by atoms with Crippen LogP contribution in [0.4, 0.5) is 5.82 Å². The van der Waals surface area contributed by atoms with Gasteiger partial charge in [0.2, 0.25) is 11.8 Å². The summed E-state index contributed by atoms with van der Waals surface area (Å²) in [5, 5.41) is 40.9. The standard InChI is InChI=1S/C49H57N11O6S/c1-31(2)45(49(64)60-29-37(61)24-41(60)48(63)53-32(3)34-12-14-35(15-13-34)46-33(4)51-30-67-46)43-26-44(56-66-43)65-23-22-58-20-18-57(19-21-58)16-8-5-9-17-59-28-36(27-52-59)39-25-40(54-55-47(39)50)38-10-6-7-11-42(38)62/h6-7,10-15,25-28,30-32,37,41,45,61-62H,8,16-24,29H2,1-4H3,(H2,50,55)(H,53,63)/t32-,37+,41-,45?/m0/s1. The van der Waals surface area contributed by atoms with E-state index in [0.29, 0.717) is 48.2 Å². The summed E-state index contributed by atoms with van der Waals surface area (Å²) in [4.78, 5) is 39.5. The fourth-order valence-electron chi connectivity index (χ4n) is 8.60. The van der Waals surface area contributed by atoms with Gasteiger partial charge in [0.05, 0.1) is 40.1 Å². The second kappa shape index (κ2) is 21.3. The second-order valence-corrected chi connectivity index (χ2v) is 18.3. The number of aliphatic hydroxyl groups excluding tert-OH is 1. The Bertz CT molecular complexity index is 2700. The van der Waals surface area contributed by atoms with E-state index in [-0.39, 0.29) is 48.3 Å². The molecule has 18 heteroatoms. The van der Waals surface area contributed by atoms with Crippen molar-refractivity contribution in [3.63, 3.8) is 0 Å². The van der Waals surface area contributed by atoms with Crippen molar-refractivity contribution in [1.82, 2.24) is 50.1 Å². The van der Waals surface area contributed by atoms with Crippen LogP contribution in [-0.2, 0) is 16.1 Å². The van der Waals surface area contributed by atoms with Crippen molar-refractivity contribution in [3.05, 3.63) is 95.6 Å². The molecule has 2 aromatic carbocycles. The van der Waals surface area contributed by atoms with Gasteiger partial charge < -0.3 is 35.4 Å². The van der Waals surface area contributed by atoms with Crippen LogP contribution in [0.3, 0.4) is 0 Å². The molecule has 0 aliphatic carbocycles. The van der Waals surface area contributed by atoms with Gasteiger partial charge in [0.1, 0.15) is 30.9 Å². The molecule has 2 saturated heterocycles. The number of para-hydroxylation sites is 1. The number of nitrogens with two attached hydrogens (primary N) is 1. The van der Waals surface area contributed by atoms with E-state index >= 15 is 0 Å². The average molecular weight is 928 g/mol. The van der Waals surface area contributed by atoms with Crippen LogP contribution in [0.15, 0.2) is 83.1 Å². The quantitative estimate of drug-likeness (QED) is 0.0898.